The van der Waals surface area contributed by atoms with Crippen LogP contribution in [-0.2, 0) is 0 Å². The first-order valence-electron chi connectivity index (χ1n) is 10.3. The first-order chi connectivity index (χ1) is 17.3. The van der Waals surface area contributed by atoms with Crippen molar-refractivity contribution >= 4 is 46.5 Å². The topological polar surface area (TPSA) is 117 Å². The van der Waals surface area contributed by atoms with Gasteiger partial charge < -0.3 is 9.47 Å². The van der Waals surface area contributed by atoms with Crippen LogP contribution in [0.1, 0.15) is 5.56 Å². The summed E-state index contributed by atoms with van der Waals surface area (Å²) in [5.41, 5.74) is 0.170. The Morgan fingerprint density at radius 1 is 0.750 bits per heavy atom. The van der Waals surface area contributed by atoms with E-state index in [1.54, 1.807) is 30.5 Å². The Morgan fingerprint density at radius 3 is 2.00 bits per heavy atom. The molecular weight excluding hydrogens is 509 g/mol. The van der Waals surface area contributed by atoms with Crippen molar-refractivity contribution in [2.75, 3.05) is 0 Å². The second kappa shape index (κ2) is 10.9. The first-order valence-corrected chi connectivity index (χ1v) is 11.0. The number of benzene rings is 4. The summed E-state index contributed by atoms with van der Waals surface area (Å²) >= 11 is 12.6. The van der Waals surface area contributed by atoms with Gasteiger partial charge >= 0.3 is 5.69 Å². The van der Waals surface area contributed by atoms with Crippen molar-refractivity contribution < 1.29 is 19.3 Å². The molecule has 0 unspecified atom stereocenters. The van der Waals surface area contributed by atoms with E-state index in [4.69, 9.17) is 32.7 Å². The average molecular weight is 524 g/mol. The van der Waals surface area contributed by atoms with Gasteiger partial charge in [-0.2, -0.15) is 0 Å². The van der Waals surface area contributed by atoms with Crippen molar-refractivity contribution in [2.24, 2.45) is 4.99 Å². The predicted molar refractivity (Wildman–Crippen MR) is 136 cm³/mol. The van der Waals surface area contributed by atoms with E-state index in [1.807, 2.05) is 30.3 Å². The Morgan fingerprint density at radius 2 is 1.39 bits per heavy atom. The second-order valence-electron chi connectivity index (χ2n) is 7.25. The predicted octanol–water partition coefficient (Wildman–Crippen LogP) is 8.15. The van der Waals surface area contributed by atoms with Gasteiger partial charge in [0, 0.05) is 12.3 Å². The van der Waals surface area contributed by atoms with Crippen molar-refractivity contribution in [1.29, 1.82) is 0 Å². The van der Waals surface area contributed by atoms with Gasteiger partial charge in [-0.1, -0.05) is 41.4 Å². The molecule has 0 N–H and O–H groups in total. The third-order valence-electron chi connectivity index (χ3n) is 4.76. The fourth-order valence-electron chi connectivity index (χ4n) is 3.08. The second-order valence-corrected chi connectivity index (χ2v) is 8.06. The summed E-state index contributed by atoms with van der Waals surface area (Å²) in [6.45, 7) is 0. The van der Waals surface area contributed by atoms with Crippen molar-refractivity contribution in [3.8, 4) is 23.0 Å². The molecule has 11 heteroatoms. The van der Waals surface area contributed by atoms with E-state index in [0.29, 0.717) is 17.0 Å². The molecule has 180 valence electrons. The lowest BCUT2D eigenvalue weighted by atomic mass is 10.2. The van der Waals surface area contributed by atoms with E-state index in [1.165, 1.54) is 12.1 Å². The molecule has 0 aliphatic carbocycles. The molecule has 4 rings (SSSR count). The summed E-state index contributed by atoms with van der Waals surface area (Å²) < 4.78 is 11.3. The van der Waals surface area contributed by atoms with E-state index < -0.39 is 21.2 Å². The highest BCUT2D eigenvalue weighted by Crippen LogP contribution is 2.41. The van der Waals surface area contributed by atoms with Gasteiger partial charge in [-0.05, 0) is 60.2 Å². The van der Waals surface area contributed by atoms with E-state index in [0.717, 1.165) is 23.9 Å². The van der Waals surface area contributed by atoms with Crippen LogP contribution >= 0.6 is 23.2 Å². The lowest BCUT2D eigenvalue weighted by molar-refractivity contribution is -0.394. The molecule has 36 heavy (non-hydrogen) atoms. The molecule has 0 aliphatic rings. The molecular formula is C25H15Cl2N3O6. The number of hydrogen-bond donors (Lipinski definition) is 0. The van der Waals surface area contributed by atoms with Crippen molar-refractivity contribution in [1.82, 2.24) is 0 Å². The molecule has 0 saturated heterocycles. The third kappa shape index (κ3) is 5.96. The zero-order valence-corrected chi connectivity index (χ0v) is 19.7. The SMILES string of the molecule is O=[N+]([O-])c1ccc(Oc2c(Cl)cc(C=Nc3ccc(Oc4ccccc4)cc3)cc2Cl)c([N+](=O)[O-])c1. The Balaban J connectivity index is 1.51. The summed E-state index contributed by atoms with van der Waals surface area (Å²) in [5, 5.41) is 22.4. The molecule has 4 aromatic rings. The molecule has 0 bridgehead atoms. The smallest absolute Gasteiger partial charge is 0.318 e. The number of nitro benzene ring substituents is 2. The number of nitro groups is 2. The van der Waals surface area contributed by atoms with Crippen LogP contribution in [0.25, 0.3) is 0 Å². The quantitative estimate of drug-likeness (QED) is 0.130. The van der Waals surface area contributed by atoms with Crippen LogP contribution in [0.3, 0.4) is 0 Å². The molecule has 4 aromatic carbocycles. The zero-order chi connectivity index (χ0) is 25.7. The lowest BCUT2D eigenvalue weighted by Gasteiger charge is -2.10. The van der Waals surface area contributed by atoms with Gasteiger partial charge in [-0.25, -0.2) is 0 Å². The third-order valence-corrected chi connectivity index (χ3v) is 5.32. The van der Waals surface area contributed by atoms with Gasteiger partial charge in [0.25, 0.3) is 5.69 Å². The van der Waals surface area contributed by atoms with E-state index in [9.17, 15) is 20.2 Å². The molecule has 9 nitrogen and oxygen atoms in total. The van der Waals surface area contributed by atoms with Gasteiger partial charge in [-0.15, -0.1) is 0 Å². The van der Waals surface area contributed by atoms with Crippen LogP contribution in [0, 0.1) is 20.2 Å². The maximum atomic E-state index is 11.4. The number of aliphatic imine (C=N–C) groups is 1. The Hall–Kier alpha value is -4.47. The number of ether oxygens (including phenoxy) is 2. The van der Waals surface area contributed by atoms with Gasteiger partial charge in [-0.3, -0.25) is 25.2 Å². The Bertz CT molecular complexity index is 1440. The Labute approximate surface area is 214 Å². The molecule has 0 heterocycles. The zero-order valence-electron chi connectivity index (χ0n) is 18.2. The van der Waals surface area contributed by atoms with E-state index in [-0.39, 0.29) is 21.5 Å². The summed E-state index contributed by atoms with van der Waals surface area (Å²) in [7, 11) is 0. The number of hydrogen-bond acceptors (Lipinski definition) is 7. The molecule has 0 aromatic heterocycles. The minimum Gasteiger partial charge on any atom is -0.457 e. The fourth-order valence-corrected chi connectivity index (χ4v) is 3.66. The highest BCUT2D eigenvalue weighted by molar-refractivity contribution is 6.37. The average Bonchev–Trinajstić information content (AvgIpc) is 2.86. The van der Waals surface area contributed by atoms with Gasteiger partial charge in [0.2, 0.25) is 5.75 Å². The van der Waals surface area contributed by atoms with Crippen LogP contribution in [0.5, 0.6) is 23.0 Å². The molecule has 0 fully saturated rings. The van der Waals surface area contributed by atoms with Crippen LogP contribution in [0.4, 0.5) is 17.1 Å². The lowest BCUT2D eigenvalue weighted by Crippen LogP contribution is -1.97. The standard InChI is InChI=1S/C25H15Cl2N3O6/c26-21-12-16(15-28-17-6-9-20(10-7-17)35-19-4-2-1-3-5-19)13-22(27)25(21)36-24-11-8-18(29(31)32)14-23(24)30(33)34/h1-15H. The summed E-state index contributed by atoms with van der Waals surface area (Å²) in [4.78, 5) is 25.1. The van der Waals surface area contributed by atoms with Gasteiger partial charge in [0.05, 0.1) is 31.6 Å². The molecule has 0 spiro atoms. The van der Waals surface area contributed by atoms with Gasteiger partial charge in [0.1, 0.15) is 11.5 Å². The normalized spacial score (nSPS) is 10.8. The summed E-state index contributed by atoms with van der Waals surface area (Å²) in [5.74, 6) is 1.11. The summed E-state index contributed by atoms with van der Waals surface area (Å²) in [6, 6.07) is 22.6. The largest absolute Gasteiger partial charge is 0.457 e. The monoisotopic (exact) mass is 523 g/mol. The molecule has 0 radical (unpaired) electrons. The van der Waals surface area contributed by atoms with Crippen molar-refractivity contribution in [3.63, 3.8) is 0 Å². The van der Waals surface area contributed by atoms with E-state index in [2.05, 4.69) is 4.99 Å². The van der Waals surface area contributed by atoms with Crippen LogP contribution < -0.4 is 9.47 Å². The number of halogens is 2. The highest BCUT2D eigenvalue weighted by atomic mass is 35.5. The minimum absolute atomic E-state index is 0.0325. The van der Waals surface area contributed by atoms with Crippen LogP contribution in [-0.4, -0.2) is 16.1 Å². The molecule has 0 amide bonds. The summed E-state index contributed by atoms with van der Waals surface area (Å²) in [6.07, 6.45) is 1.54. The number of nitrogens with zero attached hydrogens (tertiary/aromatic N) is 3. The molecule has 0 aliphatic heterocycles. The number of rotatable bonds is 8. The first kappa shape index (κ1) is 24.6. The Kier molecular flexibility index (Phi) is 7.43. The van der Waals surface area contributed by atoms with Crippen LogP contribution in [0.2, 0.25) is 10.0 Å². The maximum absolute atomic E-state index is 11.4. The fraction of sp³-hybridized carbons (Fsp3) is 0. The molecule has 0 atom stereocenters. The number of non-ortho nitro benzene ring substituents is 1. The van der Waals surface area contributed by atoms with Gasteiger partial charge in [0.15, 0.2) is 5.75 Å². The van der Waals surface area contributed by atoms with Crippen molar-refractivity contribution in [3.05, 3.63) is 121 Å². The maximum Gasteiger partial charge on any atom is 0.318 e. The number of para-hydroxylation sites is 1. The highest BCUT2D eigenvalue weighted by Gasteiger charge is 2.23. The minimum atomic E-state index is -0.790. The van der Waals surface area contributed by atoms with E-state index >= 15 is 0 Å². The van der Waals surface area contributed by atoms with Crippen LogP contribution in [0.15, 0.2) is 89.9 Å². The van der Waals surface area contributed by atoms with Crippen molar-refractivity contribution in [2.45, 2.75) is 0 Å². The molecule has 0 saturated carbocycles.